The molecule has 1 aromatic rings. The smallest absolute Gasteiger partial charge is 0.227 e. The average Bonchev–Trinajstić information content (AvgIpc) is 2.48. The molecule has 1 aromatic carbocycles. The molecule has 1 amide bonds. The predicted octanol–water partition coefficient (Wildman–Crippen LogP) is 2.26. The van der Waals surface area contributed by atoms with Gasteiger partial charge in [-0.25, -0.2) is 0 Å². The van der Waals surface area contributed by atoms with Crippen molar-refractivity contribution in [2.45, 2.75) is 25.7 Å². The Hall–Kier alpha value is -1.71. The third-order valence-electron chi connectivity index (χ3n) is 3.54. The summed E-state index contributed by atoms with van der Waals surface area (Å²) in [5, 5.41) is 0. The number of hydrogen-bond acceptors (Lipinski definition) is 3. The molecule has 0 radical (unpaired) electrons. The first-order valence-corrected chi connectivity index (χ1v) is 6.73. The lowest BCUT2D eigenvalue weighted by Crippen LogP contribution is -2.36. The van der Waals surface area contributed by atoms with E-state index in [0.717, 1.165) is 37.2 Å². The first kappa shape index (κ1) is 13.7. The molecular formula is C15H21NO3. The van der Waals surface area contributed by atoms with Gasteiger partial charge in [0, 0.05) is 24.7 Å². The second kappa shape index (κ2) is 6.45. The number of benzene rings is 1. The van der Waals surface area contributed by atoms with Gasteiger partial charge in [-0.05, 0) is 25.3 Å². The molecule has 4 nitrogen and oxygen atoms in total. The molecule has 0 unspecified atom stereocenters. The van der Waals surface area contributed by atoms with E-state index in [1.54, 1.807) is 14.2 Å². The number of carbonyl (C=O) groups excluding carboxylic acids is 1. The number of rotatable bonds is 4. The molecule has 1 aliphatic rings. The summed E-state index contributed by atoms with van der Waals surface area (Å²) >= 11 is 0. The normalized spacial score (nSPS) is 15.2. The zero-order valence-electron chi connectivity index (χ0n) is 11.6. The Bertz CT molecular complexity index is 439. The Labute approximate surface area is 114 Å². The molecule has 4 heteroatoms. The minimum absolute atomic E-state index is 0.183. The lowest BCUT2D eigenvalue weighted by molar-refractivity contribution is -0.131. The predicted molar refractivity (Wildman–Crippen MR) is 73.7 cm³/mol. The molecule has 1 aliphatic heterocycles. The number of piperidine rings is 1. The second-order valence-electron chi connectivity index (χ2n) is 4.80. The van der Waals surface area contributed by atoms with Gasteiger partial charge in [0.1, 0.15) is 11.5 Å². The fourth-order valence-electron chi connectivity index (χ4n) is 2.42. The van der Waals surface area contributed by atoms with E-state index in [1.807, 2.05) is 23.1 Å². The van der Waals surface area contributed by atoms with Gasteiger partial charge in [-0.15, -0.1) is 0 Å². The van der Waals surface area contributed by atoms with Crippen molar-refractivity contribution in [3.05, 3.63) is 23.8 Å². The zero-order chi connectivity index (χ0) is 13.7. The van der Waals surface area contributed by atoms with Gasteiger partial charge in [-0.2, -0.15) is 0 Å². The van der Waals surface area contributed by atoms with Crippen LogP contribution >= 0.6 is 0 Å². The van der Waals surface area contributed by atoms with E-state index in [4.69, 9.17) is 9.47 Å². The number of amides is 1. The summed E-state index contributed by atoms with van der Waals surface area (Å²) in [6.45, 7) is 1.77. The van der Waals surface area contributed by atoms with Crippen LogP contribution < -0.4 is 9.47 Å². The van der Waals surface area contributed by atoms with Crippen LogP contribution in [0, 0.1) is 0 Å². The van der Waals surface area contributed by atoms with Crippen molar-refractivity contribution in [1.82, 2.24) is 4.90 Å². The van der Waals surface area contributed by atoms with Crippen LogP contribution in [0.3, 0.4) is 0 Å². The molecule has 1 saturated heterocycles. The number of carbonyl (C=O) groups is 1. The van der Waals surface area contributed by atoms with Gasteiger partial charge in [-0.1, -0.05) is 6.07 Å². The third kappa shape index (κ3) is 3.40. The second-order valence-corrected chi connectivity index (χ2v) is 4.80. The quantitative estimate of drug-likeness (QED) is 0.836. The van der Waals surface area contributed by atoms with Crippen molar-refractivity contribution >= 4 is 5.91 Å². The van der Waals surface area contributed by atoms with E-state index >= 15 is 0 Å². The summed E-state index contributed by atoms with van der Waals surface area (Å²) in [7, 11) is 3.23. The summed E-state index contributed by atoms with van der Waals surface area (Å²) in [5.74, 6) is 1.64. The summed E-state index contributed by atoms with van der Waals surface area (Å²) in [5.41, 5.74) is 0.916. The van der Waals surface area contributed by atoms with Crippen LogP contribution in [0.1, 0.15) is 24.8 Å². The molecule has 0 N–H and O–H groups in total. The highest BCUT2D eigenvalue weighted by Gasteiger charge is 2.18. The maximum absolute atomic E-state index is 12.2. The highest BCUT2D eigenvalue weighted by Crippen LogP contribution is 2.25. The summed E-state index contributed by atoms with van der Waals surface area (Å²) in [6.07, 6.45) is 3.86. The molecule has 0 aliphatic carbocycles. The Balaban J connectivity index is 2.07. The largest absolute Gasteiger partial charge is 0.497 e. The highest BCUT2D eigenvalue weighted by atomic mass is 16.5. The first-order valence-electron chi connectivity index (χ1n) is 6.73. The number of likely N-dealkylation sites (tertiary alicyclic amines) is 1. The highest BCUT2D eigenvalue weighted by molar-refractivity contribution is 5.79. The fourth-order valence-corrected chi connectivity index (χ4v) is 2.42. The van der Waals surface area contributed by atoms with Gasteiger partial charge in [-0.3, -0.25) is 4.79 Å². The van der Waals surface area contributed by atoms with Gasteiger partial charge in [0.05, 0.1) is 20.6 Å². The zero-order valence-corrected chi connectivity index (χ0v) is 11.6. The first-order chi connectivity index (χ1) is 9.24. The average molecular weight is 263 g/mol. The Morgan fingerprint density at radius 1 is 1.16 bits per heavy atom. The third-order valence-corrected chi connectivity index (χ3v) is 3.54. The van der Waals surface area contributed by atoms with Crippen LogP contribution in [0.15, 0.2) is 18.2 Å². The number of ether oxygens (including phenoxy) is 2. The van der Waals surface area contributed by atoms with Crippen LogP contribution in [0.2, 0.25) is 0 Å². The SMILES string of the molecule is COc1ccc(CC(=O)N2CCCCC2)c(OC)c1. The van der Waals surface area contributed by atoms with Crippen LogP contribution in [0.25, 0.3) is 0 Å². The molecular weight excluding hydrogens is 242 g/mol. The van der Waals surface area contributed by atoms with Crippen molar-refractivity contribution in [2.75, 3.05) is 27.3 Å². The van der Waals surface area contributed by atoms with Crippen molar-refractivity contribution in [3.63, 3.8) is 0 Å². The minimum atomic E-state index is 0.183. The van der Waals surface area contributed by atoms with Crippen molar-refractivity contribution in [2.24, 2.45) is 0 Å². The molecule has 0 saturated carbocycles. The molecule has 1 heterocycles. The lowest BCUT2D eigenvalue weighted by atomic mass is 10.1. The molecule has 2 rings (SSSR count). The van der Waals surface area contributed by atoms with Crippen LogP contribution in [0.5, 0.6) is 11.5 Å². The Kier molecular flexibility index (Phi) is 4.66. The van der Waals surface area contributed by atoms with Gasteiger partial charge < -0.3 is 14.4 Å². The maximum Gasteiger partial charge on any atom is 0.227 e. The molecule has 0 atom stereocenters. The summed E-state index contributed by atoms with van der Waals surface area (Å²) < 4.78 is 10.5. The van der Waals surface area contributed by atoms with Gasteiger partial charge in [0.2, 0.25) is 5.91 Å². The molecule has 0 aromatic heterocycles. The molecule has 0 spiro atoms. The number of hydrogen-bond donors (Lipinski definition) is 0. The lowest BCUT2D eigenvalue weighted by Gasteiger charge is -2.27. The minimum Gasteiger partial charge on any atom is -0.497 e. The molecule has 1 fully saturated rings. The summed E-state index contributed by atoms with van der Waals surface area (Å²) in [6, 6.07) is 5.58. The topological polar surface area (TPSA) is 38.8 Å². The van der Waals surface area contributed by atoms with E-state index < -0.39 is 0 Å². The molecule has 19 heavy (non-hydrogen) atoms. The van der Waals surface area contributed by atoms with E-state index in [9.17, 15) is 4.79 Å². The van der Waals surface area contributed by atoms with E-state index in [0.29, 0.717) is 12.2 Å². The van der Waals surface area contributed by atoms with Gasteiger partial charge >= 0.3 is 0 Å². The Morgan fingerprint density at radius 2 is 1.89 bits per heavy atom. The van der Waals surface area contributed by atoms with Crippen LogP contribution in [-0.2, 0) is 11.2 Å². The molecule has 0 bridgehead atoms. The molecule has 104 valence electrons. The van der Waals surface area contributed by atoms with Crippen LogP contribution in [-0.4, -0.2) is 38.1 Å². The number of nitrogens with zero attached hydrogens (tertiary/aromatic N) is 1. The Morgan fingerprint density at radius 3 is 2.53 bits per heavy atom. The van der Waals surface area contributed by atoms with E-state index in [2.05, 4.69) is 0 Å². The fraction of sp³-hybridized carbons (Fsp3) is 0.533. The maximum atomic E-state index is 12.2. The monoisotopic (exact) mass is 263 g/mol. The van der Waals surface area contributed by atoms with Crippen LogP contribution in [0.4, 0.5) is 0 Å². The van der Waals surface area contributed by atoms with Crippen molar-refractivity contribution in [1.29, 1.82) is 0 Å². The van der Waals surface area contributed by atoms with Gasteiger partial charge in [0.25, 0.3) is 0 Å². The standard InChI is InChI=1S/C15H21NO3/c1-18-13-7-6-12(14(11-13)19-2)10-15(17)16-8-4-3-5-9-16/h6-7,11H,3-5,8-10H2,1-2H3. The van der Waals surface area contributed by atoms with Crippen molar-refractivity contribution < 1.29 is 14.3 Å². The van der Waals surface area contributed by atoms with E-state index in [-0.39, 0.29) is 5.91 Å². The summed E-state index contributed by atoms with van der Waals surface area (Å²) in [4.78, 5) is 14.2. The van der Waals surface area contributed by atoms with Crippen molar-refractivity contribution in [3.8, 4) is 11.5 Å². The van der Waals surface area contributed by atoms with Gasteiger partial charge in [0.15, 0.2) is 0 Å². The van der Waals surface area contributed by atoms with E-state index in [1.165, 1.54) is 6.42 Å². The number of methoxy groups -OCH3 is 2.